The number of nitrogens with zero attached hydrogens (tertiary/aromatic N) is 5. The molecule has 1 aliphatic heterocycles. The van der Waals surface area contributed by atoms with Crippen LogP contribution in [-0.2, 0) is 10.8 Å². The Morgan fingerprint density at radius 1 is 0.818 bits per heavy atom. The van der Waals surface area contributed by atoms with Crippen LogP contribution >= 0.6 is 0 Å². The zero-order valence-electron chi connectivity index (χ0n) is 32.6. The molecule has 0 fully saturated rings. The van der Waals surface area contributed by atoms with Crippen LogP contribution in [0.25, 0.3) is 27.8 Å². The van der Waals surface area contributed by atoms with Crippen molar-refractivity contribution in [2.24, 2.45) is 0 Å². The monoisotopic (exact) mass is 586 g/mol. The van der Waals surface area contributed by atoms with Crippen molar-refractivity contribution >= 4 is 45.0 Å². The predicted molar refractivity (Wildman–Crippen MR) is 179 cm³/mol. The number of fused-ring (bicyclic) bond motifs is 4. The summed E-state index contributed by atoms with van der Waals surface area (Å²) in [4.78, 5) is 9.60. The molecular weight excluding hydrogens is 542 g/mol. The fraction of sp³-hybridized carbons (Fsp3) is 0.237. The van der Waals surface area contributed by atoms with Gasteiger partial charge in [-0.2, -0.15) is 0 Å². The Hall–Kier alpha value is -5.06. The van der Waals surface area contributed by atoms with Crippen molar-refractivity contribution in [3.8, 4) is 17.3 Å². The van der Waals surface area contributed by atoms with Crippen LogP contribution in [0.5, 0.6) is 11.5 Å². The normalized spacial score (nSPS) is 15.8. The van der Waals surface area contributed by atoms with Gasteiger partial charge in [0.25, 0.3) is 11.4 Å². The first-order valence-corrected chi connectivity index (χ1v) is 14.5. The molecule has 0 atom stereocenters. The zero-order valence-corrected chi connectivity index (χ0v) is 25.6. The lowest BCUT2D eigenvalue weighted by Crippen LogP contribution is -2.12. The smallest absolute Gasteiger partial charge is 0.455 e. The van der Waals surface area contributed by atoms with Gasteiger partial charge in [-0.3, -0.25) is 9.55 Å². The van der Waals surface area contributed by atoms with Gasteiger partial charge in [-0.15, -0.1) is 0 Å². The van der Waals surface area contributed by atoms with Gasteiger partial charge in [0.15, 0.2) is 6.98 Å². The van der Waals surface area contributed by atoms with Crippen LogP contribution < -0.4 is 9.31 Å². The first kappa shape index (κ1) is 20.8. The van der Waals surface area contributed by atoms with E-state index in [4.69, 9.17) is 24.3 Å². The summed E-state index contributed by atoms with van der Waals surface area (Å²) >= 11 is 0. The van der Waals surface area contributed by atoms with E-state index in [9.17, 15) is 0 Å². The standard InChI is InChI=1S/C38H37N5O/c1-37(2,3)25-16-17-39-35(20-25)43-31-13-9-8-12-30(31)36-34(43)22-29(23-40-36)44-28-19-26(38(4,5)6)18-27(21-28)42-24-41(7)32-14-10-11-15-33(32)42/h8-23H,1-7H3/q+2/i7D3,10D,11D,14D,15D. The molecule has 0 amide bonds. The topological polar surface area (TPSA) is 46.0 Å². The van der Waals surface area contributed by atoms with Crippen LogP contribution in [0.2, 0.25) is 0 Å². The lowest BCUT2D eigenvalue weighted by atomic mass is 9.86. The van der Waals surface area contributed by atoms with Crippen LogP contribution in [0.3, 0.4) is 0 Å². The molecule has 0 radical (unpaired) electrons. The fourth-order valence-corrected chi connectivity index (χ4v) is 5.47. The summed E-state index contributed by atoms with van der Waals surface area (Å²) in [7, 11) is 0. The van der Waals surface area contributed by atoms with E-state index >= 15 is 0 Å². The van der Waals surface area contributed by atoms with E-state index in [0.29, 0.717) is 17.2 Å². The summed E-state index contributed by atoms with van der Waals surface area (Å²) in [6.07, 6.45) is 3.49. The number of aromatic nitrogens is 3. The summed E-state index contributed by atoms with van der Waals surface area (Å²) < 4.78 is 69.0. The van der Waals surface area contributed by atoms with Crippen LogP contribution in [-0.4, -0.2) is 32.1 Å². The quantitative estimate of drug-likeness (QED) is 0.193. The fourth-order valence-electron chi connectivity index (χ4n) is 5.47. The van der Waals surface area contributed by atoms with Gasteiger partial charge < -0.3 is 4.74 Å². The molecule has 0 saturated carbocycles. The summed E-state index contributed by atoms with van der Waals surface area (Å²) in [5.41, 5.74) is 4.32. The minimum atomic E-state index is -2.76. The Balaban J connectivity index is 1.41. The molecule has 3 aromatic heterocycles. The third-order valence-corrected chi connectivity index (χ3v) is 7.87. The van der Waals surface area contributed by atoms with Gasteiger partial charge in [0.05, 0.1) is 34.3 Å². The molecule has 0 N–H and O–H groups in total. The molecule has 0 unspecified atom stereocenters. The van der Waals surface area contributed by atoms with Crippen molar-refractivity contribution in [3.63, 3.8) is 0 Å². The van der Waals surface area contributed by atoms with E-state index < -0.39 is 25.1 Å². The molecule has 44 heavy (non-hydrogen) atoms. The summed E-state index contributed by atoms with van der Waals surface area (Å²) in [5, 5.41) is 0.973. The van der Waals surface area contributed by atoms with Gasteiger partial charge in [0, 0.05) is 35.8 Å². The summed E-state index contributed by atoms with van der Waals surface area (Å²) in [5.74, 6) is 1.63. The number of para-hydroxylation sites is 3. The largest absolute Gasteiger partial charge is 0.496 e. The molecule has 6 nitrogen and oxygen atoms in total. The number of ether oxygens (including phenoxy) is 1. The van der Waals surface area contributed by atoms with E-state index in [1.165, 1.54) is 4.58 Å². The van der Waals surface area contributed by atoms with Crippen molar-refractivity contribution in [1.82, 2.24) is 19.1 Å². The van der Waals surface area contributed by atoms with Crippen LogP contribution in [0.4, 0.5) is 17.1 Å². The zero-order chi connectivity index (χ0) is 36.8. The number of benzene rings is 3. The highest BCUT2D eigenvalue weighted by Crippen LogP contribution is 2.39. The van der Waals surface area contributed by atoms with Crippen LogP contribution in [0.15, 0.2) is 97.2 Å². The molecule has 1 aliphatic rings. The molecule has 7 rings (SSSR count). The lowest BCUT2D eigenvalue weighted by Gasteiger charge is -2.20. The van der Waals surface area contributed by atoms with E-state index in [1.807, 2.05) is 75.5 Å². The second kappa shape index (κ2) is 10.0. The van der Waals surface area contributed by atoms with Gasteiger partial charge in [0.2, 0.25) is 5.69 Å². The Kier molecular flexibility index (Phi) is 4.72. The van der Waals surface area contributed by atoms with Crippen LogP contribution in [0, 0.1) is 0 Å². The Bertz CT molecular complexity index is 2500. The number of hydrogen-bond donors (Lipinski definition) is 0. The van der Waals surface area contributed by atoms with E-state index in [1.54, 1.807) is 12.3 Å². The van der Waals surface area contributed by atoms with E-state index in [2.05, 4.69) is 37.4 Å². The predicted octanol–water partition coefficient (Wildman–Crippen LogP) is 9.26. The Morgan fingerprint density at radius 2 is 1.59 bits per heavy atom. The lowest BCUT2D eigenvalue weighted by molar-refractivity contribution is -0.394. The van der Waals surface area contributed by atoms with Gasteiger partial charge in [-0.25, -0.2) is 4.98 Å². The maximum absolute atomic E-state index is 8.73. The summed E-state index contributed by atoms with van der Waals surface area (Å²) in [6, 6.07) is 20.5. The average Bonchev–Trinajstić information content (AvgIpc) is 3.63. The minimum Gasteiger partial charge on any atom is -0.455 e. The number of pyridine rings is 2. The molecule has 0 aliphatic carbocycles. The average molecular weight is 587 g/mol. The molecule has 0 saturated heterocycles. The highest BCUT2D eigenvalue weighted by Gasteiger charge is 2.33. The first-order chi connectivity index (χ1) is 23.8. The molecule has 0 spiro atoms. The SMILES string of the molecule is [2H]c1c([2H])c([2H])c2c(c1[2H])[N+](c1cc(Oc3cnc4c5ccccc5n(-c5cc(C(C)(C)C)ccn5)c4c3)cc(C(C)(C)C)c1)=C=[N+]2C([2H])([2H])[2H]. The van der Waals surface area contributed by atoms with Crippen molar-refractivity contribution in [3.05, 3.63) is 108 Å². The summed E-state index contributed by atoms with van der Waals surface area (Å²) in [6.45, 7) is 9.84. The minimum absolute atomic E-state index is 0.00766. The molecule has 0 bridgehead atoms. The number of rotatable bonds is 4. The maximum Gasteiger partial charge on any atom is 0.496 e. The third kappa shape index (κ3) is 4.78. The number of hydrogen-bond acceptors (Lipinski definition) is 3. The highest BCUT2D eigenvalue weighted by molar-refractivity contribution is 6.07. The highest BCUT2D eigenvalue weighted by atomic mass is 16.5. The second-order valence-electron chi connectivity index (χ2n) is 13.1. The maximum atomic E-state index is 8.73. The van der Waals surface area contributed by atoms with Crippen LogP contribution in [0.1, 0.15) is 62.3 Å². The van der Waals surface area contributed by atoms with Crippen molar-refractivity contribution < 1.29 is 18.9 Å². The van der Waals surface area contributed by atoms with Crippen molar-refractivity contribution in [1.29, 1.82) is 0 Å². The molecular formula is C38H37N5O+2. The Morgan fingerprint density at radius 3 is 2.36 bits per heavy atom. The molecule has 6 heteroatoms. The Labute approximate surface area is 268 Å². The van der Waals surface area contributed by atoms with Crippen molar-refractivity contribution in [2.75, 3.05) is 6.98 Å². The molecule has 4 heterocycles. The molecule has 6 aromatic rings. The van der Waals surface area contributed by atoms with Gasteiger partial charge >= 0.3 is 6.01 Å². The second-order valence-corrected chi connectivity index (χ2v) is 13.1. The van der Waals surface area contributed by atoms with E-state index in [-0.39, 0.29) is 28.2 Å². The van der Waals surface area contributed by atoms with Crippen molar-refractivity contribution in [2.45, 2.75) is 52.4 Å². The van der Waals surface area contributed by atoms with Gasteiger partial charge in [-0.05, 0) is 50.8 Å². The first-order valence-electron chi connectivity index (χ1n) is 18.0. The molecule has 3 aromatic carbocycles. The van der Waals surface area contributed by atoms with Gasteiger partial charge in [0.1, 0.15) is 21.4 Å². The molecule has 218 valence electrons. The van der Waals surface area contributed by atoms with Gasteiger partial charge in [-0.1, -0.05) is 76.4 Å². The third-order valence-electron chi connectivity index (χ3n) is 7.87. The van der Waals surface area contributed by atoms with E-state index in [0.717, 1.165) is 43.5 Å².